The molecule has 2 rings (SSSR count). The molecular weight excluding hydrogens is 239 g/mol. The average molecular weight is 266 g/mol. The van der Waals surface area contributed by atoms with Crippen LogP contribution in [0.5, 0.6) is 0 Å². The molecular formula is C16H27FN2. The van der Waals surface area contributed by atoms with Gasteiger partial charge in [-0.15, -0.1) is 0 Å². The van der Waals surface area contributed by atoms with Crippen LogP contribution in [0.4, 0.5) is 4.39 Å². The predicted molar refractivity (Wildman–Crippen MR) is 79.8 cm³/mol. The van der Waals surface area contributed by atoms with Crippen LogP contribution in [0.15, 0.2) is 24.3 Å². The van der Waals surface area contributed by atoms with Crippen molar-refractivity contribution in [2.45, 2.75) is 51.7 Å². The van der Waals surface area contributed by atoms with Gasteiger partial charge in [-0.1, -0.05) is 32.9 Å². The van der Waals surface area contributed by atoms with Crippen LogP contribution in [0.25, 0.3) is 0 Å². The van der Waals surface area contributed by atoms with Crippen LogP contribution in [0.1, 0.15) is 46.6 Å². The number of nitrogens with zero attached hydrogens (tertiary/aromatic N) is 1. The molecule has 1 fully saturated rings. The Balaban J connectivity index is 0.00000200. The van der Waals surface area contributed by atoms with Gasteiger partial charge < -0.3 is 5.32 Å². The van der Waals surface area contributed by atoms with Gasteiger partial charge in [0.25, 0.3) is 0 Å². The van der Waals surface area contributed by atoms with Crippen molar-refractivity contribution < 1.29 is 5.82 Å². The maximum Gasteiger partial charge on any atom is 0.123 e. The van der Waals surface area contributed by atoms with Gasteiger partial charge >= 0.3 is 0 Å². The van der Waals surface area contributed by atoms with E-state index in [4.69, 9.17) is 0 Å². The first-order valence-corrected chi connectivity index (χ1v) is 7.35. The number of likely N-dealkylation sites (tertiary alicyclic amines) is 1. The van der Waals surface area contributed by atoms with E-state index in [9.17, 15) is 4.39 Å². The predicted octanol–water partition coefficient (Wildman–Crippen LogP) is 3.60. The first-order valence-electron chi connectivity index (χ1n) is 7.35. The third-order valence-corrected chi connectivity index (χ3v) is 3.94. The zero-order valence-corrected chi connectivity index (χ0v) is 12.2. The molecule has 0 radical (unpaired) electrons. The second-order valence-electron chi connectivity index (χ2n) is 5.74. The van der Waals surface area contributed by atoms with E-state index in [-0.39, 0.29) is 7.24 Å². The van der Waals surface area contributed by atoms with Gasteiger partial charge in [0.2, 0.25) is 0 Å². The van der Waals surface area contributed by atoms with Gasteiger partial charge in [0.1, 0.15) is 5.82 Å². The maximum absolute atomic E-state index is 13.1. The van der Waals surface area contributed by atoms with Crippen LogP contribution in [-0.2, 0) is 0 Å². The Morgan fingerprint density at radius 1 is 1.37 bits per heavy atom. The lowest BCUT2D eigenvalue weighted by atomic mass is 9.91. The Morgan fingerprint density at radius 3 is 2.63 bits per heavy atom. The van der Waals surface area contributed by atoms with Gasteiger partial charge in [-0.2, -0.15) is 0 Å². The normalized spacial score (nSPS) is 24.9. The summed E-state index contributed by atoms with van der Waals surface area (Å²) >= 11 is 0. The molecule has 0 spiro atoms. The lowest BCUT2D eigenvalue weighted by Crippen LogP contribution is -2.46. The molecule has 1 aliphatic heterocycles. The number of nitrogens with one attached hydrogen (secondary N) is 1. The molecule has 1 aromatic rings. The Kier molecular flexibility index (Phi) is 4.94. The highest BCUT2D eigenvalue weighted by Gasteiger charge is 2.28. The topological polar surface area (TPSA) is 15.3 Å². The standard InChI is InChI=1S/C16H25FN2.H2/c1-4-19-10-9-15(18-12(2)3)11-16(19)13-5-7-14(17)8-6-13;/h5-8,12,15-16,18H,4,9-11H2,1-3H3;1H/t15-,16+;/m1./s1. The Hall–Kier alpha value is -0.930. The minimum absolute atomic E-state index is 0. The molecule has 2 atom stereocenters. The summed E-state index contributed by atoms with van der Waals surface area (Å²) < 4.78 is 13.1. The van der Waals surface area contributed by atoms with Crippen molar-refractivity contribution in [2.24, 2.45) is 0 Å². The third kappa shape index (κ3) is 3.77. The summed E-state index contributed by atoms with van der Waals surface area (Å²) in [4.78, 5) is 2.49. The van der Waals surface area contributed by atoms with Crippen LogP contribution in [0.2, 0.25) is 0 Å². The smallest absolute Gasteiger partial charge is 0.123 e. The third-order valence-electron chi connectivity index (χ3n) is 3.94. The van der Waals surface area contributed by atoms with Gasteiger partial charge in [-0.05, 0) is 37.1 Å². The minimum Gasteiger partial charge on any atom is -0.312 e. The van der Waals surface area contributed by atoms with Crippen molar-refractivity contribution in [2.75, 3.05) is 13.1 Å². The Morgan fingerprint density at radius 2 is 2.05 bits per heavy atom. The van der Waals surface area contributed by atoms with E-state index in [1.807, 2.05) is 12.1 Å². The van der Waals surface area contributed by atoms with Crippen molar-refractivity contribution in [3.63, 3.8) is 0 Å². The van der Waals surface area contributed by atoms with Crippen LogP contribution < -0.4 is 5.32 Å². The number of hydrogen-bond donors (Lipinski definition) is 1. The first-order chi connectivity index (χ1) is 9.10. The highest BCUT2D eigenvalue weighted by atomic mass is 19.1. The van der Waals surface area contributed by atoms with Crippen molar-refractivity contribution >= 4 is 0 Å². The van der Waals surface area contributed by atoms with Crippen molar-refractivity contribution in [3.05, 3.63) is 35.6 Å². The molecule has 0 bridgehead atoms. The average Bonchev–Trinajstić information content (AvgIpc) is 2.39. The monoisotopic (exact) mass is 266 g/mol. The van der Waals surface area contributed by atoms with Crippen LogP contribution in [-0.4, -0.2) is 30.1 Å². The molecule has 1 N–H and O–H groups in total. The summed E-state index contributed by atoms with van der Waals surface area (Å²) in [5.41, 5.74) is 1.23. The molecule has 0 aromatic heterocycles. The van der Waals surface area contributed by atoms with Gasteiger partial charge in [-0.25, -0.2) is 4.39 Å². The molecule has 0 amide bonds. The van der Waals surface area contributed by atoms with Crippen LogP contribution in [0.3, 0.4) is 0 Å². The number of halogens is 1. The summed E-state index contributed by atoms with van der Waals surface area (Å²) in [5, 5.41) is 3.64. The first kappa shape index (κ1) is 14.5. The molecule has 108 valence electrons. The van der Waals surface area contributed by atoms with E-state index in [2.05, 4.69) is 31.0 Å². The fourth-order valence-corrected chi connectivity index (χ4v) is 3.05. The summed E-state index contributed by atoms with van der Waals surface area (Å²) in [5.74, 6) is -0.153. The highest BCUT2D eigenvalue weighted by Crippen LogP contribution is 2.31. The molecule has 2 nitrogen and oxygen atoms in total. The fourth-order valence-electron chi connectivity index (χ4n) is 3.05. The summed E-state index contributed by atoms with van der Waals surface area (Å²) in [7, 11) is 0. The number of rotatable bonds is 4. The van der Waals surface area contributed by atoms with Crippen molar-refractivity contribution in [3.8, 4) is 0 Å². The van der Waals surface area contributed by atoms with Gasteiger partial charge in [0.15, 0.2) is 0 Å². The zero-order chi connectivity index (χ0) is 13.8. The molecule has 0 saturated carbocycles. The van der Waals surface area contributed by atoms with Crippen LogP contribution in [0, 0.1) is 5.82 Å². The molecule has 0 unspecified atom stereocenters. The number of benzene rings is 1. The molecule has 1 heterocycles. The molecule has 1 aliphatic rings. The molecule has 19 heavy (non-hydrogen) atoms. The van der Waals surface area contributed by atoms with Gasteiger partial charge in [-0.3, -0.25) is 4.90 Å². The van der Waals surface area contributed by atoms with E-state index in [0.717, 1.165) is 19.5 Å². The van der Waals surface area contributed by atoms with E-state index in [1.54, 1.807) is 12.1 Å². The molecule has 0 aliphatic carbocycles. The Labute approximate surface area is 117 Å². The molecule has 3 heteroatoms. The fraction of sp³-hybridized carbons (Fsp3) is 0.625. The highest BCUT2D eigenvalue weighted by molar-refractivity contribution is 5.21. The van der Waals surface area contributed by atoms with E-state index >= 15 is 0 Å². The number of hydrogen-bond acceptors (Lipinski definition) is 2. The lowest BCUT2D eigenvalue weighted by molar-refractivity contribution is 0.128. The number of piperidine rings is 1. The molecule has 1 aromatic carbocycles. The maximum atomic E-state index is 13.1. The van der Waals surface area contributed by atoms with E-state index in [1.165, 1.54) is 12.0 Å². The second-order valence-corrected chi connectivity index (χ2v) is 5.74. The van der Waals surface area contributed by atoms with Crippen molar-refractivity contribution in [1.29, 1.82) is 0 Å². The SMILES string of the molecule is CCN1CC[C@@H](NC(C)C)C[C@H]1c1ccc(F)cc1.[HH]. The summed E-state index contributed by atoms with van der Waals surface area (Å²) in [6.07, 6.45) is 2.31. The summed E-state index contributed by atoms with van der Waals surface area (Å²) in [6, 6.07) is 8.51. The van der Waals surface area contributed by atoms with Gasteiger partial charge in [0, 0.05) is 26.1 Å². The lowest BCUT2D eigenvalue weighted by Gasteiger charge is -2.40. The van der Waals surface area contributed by atoms with E-state index < -0.39 is 0 Å². The Bertz CT molecular complexity index is 394. The second kappa shape index (κ2) is 6.49. The van der Waals surface area contributed by atoms with Crippen molar-refractivity contribution in [1.82, 2.24) is 10.2 Å². The quantitative estimate of drug-likeness (QED) is 0.896. The van der Waals surface area contributed by atoms with E-state index in [0.29, 0.717) is 18.1 Å². The zero-order valence-electron chi connectivity index (χ0n) is 12.2. The minimum atomic E-state index is -0.153. The summed E-state index contributed by atoms with van der Waals surface area (Å²) in [6.45, 7) is 8.75. The largest absolute Gasteiger partial charge is 0.312 e. The van der Waals surface area contributed by atoms with Crippen LogP contribution >= 0.6 is 0 Å². The molecule has 1 saturated heterocycles. The van der Waals surface area contributed by atoms with Gasteiger partial charge in [0.05, 0.1) is 0 Å².